The Morgan fingerprint density at radius 2 is 1.89 bits per heavy atom. The van der Waals surface area contributed by atoms with Crippen LogP contribution in [0.2, 0.25) is 0 Å². The molecule has 0 radical (unpaired) electrons. The molecule has 0 fully saturated rings. The van der Waals surface area contributed by atoms with E-state index in [4.69, 9.17) is 9.47 Å². The van der Waals surface area contributed by atoms with Crippen LogP contribution in [0.3, 0.4) is 0 Å². The molecular formula is C23H27NO4. The molecule has 1 amide bonds. The Labute approximate surface area is 166 Å². The average molecular weight is 381 g/mol. The highest BCUT2D eigenvalue weighted by atomic mass is 16.5. The first kappa shape index (κ1) is 19.9. The summed E-state index contributed by atoms with van der Waals surface area (Å²) in [7, 11) is 0. The lowest BCUT2D eigenvalue weighted by Gasteiger charge is -2.26. The lowest BCUT2D eigenvalue weighted by Crippen LogP contribution is -2.34. The van der Waals surface area contributed by atoms with Gasteiger partial charge in [-0.05, 0) is 55.9 Å². The summed E-state index contributed by atoms with van der Waals surface area (Å²) in [5.74, 6) is 0.142. The average Bonchev–Trinajstić information content (AvgIpc) is 2.71. The second kappa shape index (κ2) is 9.93. The molecule has 1 aliphatic carbocycles. The van der Waals surface area contributed by atoms with Gasteiger partial charge in [-0.1, -0.05) is 42.0 Å². The molecule has 1 N–H and O–H groups in total. The van der Waals surface area contributed by atoms with E-state index in [1.807, 2.05) is 43.3 Å². The molecule has 5 nitrogen and oxygen atoms in total. The van der Waals surface area contributed by atoms with E-state index in [0.717, 1.165) is 25.0 Å². The number of fused-ring (bicyclic) bond motifs is 1. The Balaban J connectivity index is 1.33. The molecule has 5 heteroatoms. The number of esters is 1. The van der Waals surface area contributed by atoms with E-state index in [2.05, 4.69) is 17.4 Å². The summed E-state index contributed by atoms with van der Waals surface area (Å²) < 4.78 is 10.7. The van der Waals surface area contributed by atoms with Gasteiger partial charge in [-0.15, -0.1) is 0 Å². The third-order valence-corrected chi connectivity index (χ3v) is 4.88. The van der Waals surface area contributed by atoms with Gasteiger partial charge < -0.3 is 14.8 Å². The van der Waals surface area contributed by atoms with E-state index in [9.17, 15) is 9.59 Å². The number of aryl methyl sites for hydroxylation is 2. The minimum atomic E-state index is -0.383. The maximum absolute atomic E-state index is 12.2. The number of hydrogen-bond acceptors (Lipinski definition) is 4. The lowest BCUT2D eigenvalue weighted by molar-refractivity contribution is -0.149. The van der Waals surface area contributed by atoms with Gasteiger partial charge in [0.05, 0.1) is 12.6 Å². The normalized spacial score (nSPS) is 15.4. The van der Waals surface area contributed by atoms with Crippen LogP contribution in [0.25, 0.3) is 0 Å². The molecule has 0 unspecified atom stereocenters. The monoisotopic (exact) mass is 381 g/mol. The second-order valence-corrected chi connectivity index (χ2v) is 7.14. The number of carbonyl (C=O) groups is 2. The summed E-state index contributed by atoms with van der Waals surface area (Å²) in [6.45, 7) is 2.21. The van der Waals surface area contributed by atoms with Crippen molar-refractivity contribution >= 4 is 11.9 Å². The summed E-state index contributed by atoms with van der Waals surface area (Å²) in [6.07, 6.45) is 3.77. The quantitative estimate of drug-likeness (QED) is 0.557. The first-order valence-electron chi connectivity index (χ1n) is 9.84. The Hall–Kier alpha value is -2.82. The van der Waals surface area contributed by atoms with Crippen LogP contribution in [-0.2, 0) is 20.7 Å². The molecule has 2 aromatic carbocycles. The van der Waals surface area contributed by atoms with Gasteiger partial charge in [0.15, 0.2) is 6.61 Å². The standard InChI is InChI=1S/C23H27NO4/c1-17-11-13-19(14-12-17)27-15-5-10-23(26)28-16-22(25)24-21-9-4-7-18-6-2-3-8-20(18)21/h2-3,6,8,11-14,21H,4-5,7,9-10,15-16H2,1H3,(H,24,25)/t21-/m0/s1. The number of carbonyl (C=O) groups excluding carboxylic acids is 2. The van der Waals surface area contributed by atoms with Gasteiger partial charge in [-0.2, -0.15) is 0 Å². The topological polar surface area (TPSA) is 64.6 Å². The van der Waals surface area contributed by atoms with Crippen molar-refractivity contribution in [1.29, 1.82) is 0 Å². The minimum Gasteiger partial charge on any atom is -0.494 e. The van der Waals surface area contributed by atoms with E-state index in [1.54, 1.807) is 0 Å². The fourth-order valence-corrected chi connectivity index (χ4v) is 3.40. The highest BCUT2D eigenvalue weighted by Crippen LogP contribution is 2.29. The highest BCUT2D eigenvalue weighted by molar-refractivity contribution is 5.80. The molecule has 28 heavy (non-hydrogen) atoms. The van der Waals surface area contributed by atoms with Crippen LogP contribution in [0, 0.1) is 6.92 Å². The summed E-state index contributed by atoms with van der Waals surface area (Å²) in [5.41, 5.74) is 3.62. The summed E-state index contributed by atoms with van der Waals surface area (Å²) in [6, 6.07) is 15.9. The van der Waals surface area contributed by atoms with Gasteiger partial charge in [0.25, 0.3) is 5.91 Å². The largest absolute Gasteiger partial charge is 0.494 e. The van der Waals surface area contributed by atoms with Gasteiger partial charge in [0.1, 0.15) is 5.75 Å². The zero-order chi connectivity index (χ0) is 19.8. The summed E-state index contributed by atoms with van der Waals surface area (Å²) in [4.78, 5) is 24.0. The van der Waals surface area contributed by atoms with Crippen LogP contribution in [0.1, 0.15) is 48.4 Å². The van der Waals surface area contributed by atoms with Gasteiger partial charge >= 0.3 is 5.97 Å². The molecular weight excluding hydrogens is 354 g/mol. The molecule has 148 valence electrons. The smallest absolute Gasteiger partial charge is 0.306 e. The van der Waals surface area contributed by atoms with Crippen molar-refractivity contribution in [2.75, 3.05) is 13.2 Å². The highest BCUT2D eigenvalue weighted by Gasteiger charge is 2.21. The molecule has 2 aromatic rings. The van der Waals surface area contributed by atoms with E-state index >= 15 is 0 Å². The minimum absolute atomic E-state index is 0.000869. The fraction of sp³-hybridized carbons (Fsp3) is 0.391. The number of ether oxygens (including phenoxy) is 2. The third-order valence-electron chi connectivity index (χ3n) is 4.88. The van der Waals surface area contributed by atoms with E-state index < -0.39 is 0 Å². The second-order valence-electron chi connectivity index (χ2n) is 7.14. The number of hydrogen-bond donors (Lipinski definition) is 1. The van der Waals surface area contributed by atoms with E-state index in [1.165, 1.54) is 16.7 Å². The molecule has 0 spiro atoms. The Bertz CT molecular complexity index is 801. The molecule has 0 saturated carbocycles. The predicted octanol–water partition coefficient (Wildman–Crippen LogP) is 3.89. The van der Waals surface area contributed by atoms with Crippen LogP contribution in [-0.4, -0.2) is 25.1 Å². The van der Waals surface area contributed by atoms with Crippen LogP contribution in [0.5, 0.6) is 5.75 Å². The van der Waals surface area contributed by atoms with Gasteiger partial charge in [0.2, 0.25) is 0 Å². The van der Waals surface area contributed by atoms with Crippen molar-refractivity contribution in [2.45, 2.75) is 45.1 Å². The molecule has 1 aliphatic rings. The maximum atomic E-state index is 12.2. The van der Waals surface area contributed by atoms with Crippen LogP contribution >= 0.6 is 0 Å². The van der Waals surface area contributed by atoms with Crippen LogP contribution in [0.15, 0.2) is 48.5 Å². The molecule has 1 atom stereocenters. The molecule has 0 bridgehead atoms. The fourth-order valence-electron chi connectivity index (χ4n) is 3.40. The molecule has 0 aliphatic heterocycles. The first-order chi connectivity index (χ1) is 13.6. The maximum Gasteiger partial charge on any atom is 0.306 e. The van der Waals surface area contributed by atoms with Gasteiger partial charge in [0, 0.05) is 6.42 Å². The van der Waals surface area contributed by atoms with Crippen molar-refractivity contribution in [3.8, 4) is 5.75 Å². The zero-order valence-electron chi connectivity index (χ0n) is 16.3. The number of nitrogens with one attached hydrogen (secondary N) is 1. The van der Waals surface area contributed by atoms with Crippen molar-refractivity contribution in [2.24, 2.45) is 0 Å². The van der Waals surface area contributed by atoms with Gasteiger partial charge in [-0.25, -0.2) is 0 Å². The van der Waals surface area contributed by atoms with E-state index in [-0.39, 0.29) is 30.9 Å². The summed E-state index contributed by atoms with van der Waals surface area (Å²) in [5, 5.41) is 2.98. The molecule has 0 aromatic heterocycles. The predicted molar refractivity (Wildman–Crippen MR) is 107 cm³/mol. The molecule has 0 heterocycles. The first-order valence-corrected chi connectivity index (χ1v) is 9.84. The molecule has 0 saturated heterocycles. The Kier molecular flexibility index (Phi) is 7.06. The van der Waals surface area contributed by atoms with E-state index in [0.29, 0.717) is 13.0 Å². The van der Waals surface area contributed by atoms with Crippen LogP contribution < -0.4 is 10.1 Å². The summed E-state index contributed by atoms with van der Waals surface area (Å²) >= 11 is 0. The van der Waals surface area contributed by atoms with Crippen LogP contribution in [0.4, 0.5) is 0 Å². The number of amides is 1. The van der Waals surface area contributed by atoms with Crippen molar-refractivity contribution in [3.63, 3.8) is 0 Å². The Morgan fingerprint density at radius 1 is 1.11 bits per heavy atom. The lowest BCUT2D eigenvalue weighted by atomic mass is 9.88. The van der Waals surface area contributed by atoms with Crippen molar-refractivity contribution in [1.82, 2.24) is 5.32 Å². The van der Waals surface area contributed by atoms with Gasteiger partial charge in [-0.3, -0.25) is 9.59 Å². The Morgan fingerprint density at radius 3 is 2.71 bits per heavy atom. The van der Waals surface area contributed by atoms with Crippen molar-refractivity contribution in [3.05, 3.63) is 65.2 Å². The third kappa shape index (κ3) is 5.84. The number of rotatable bonds is 8. The molecule has 3 rings (SSSR count). The number of benzene rings is 2. The zero-order valence-corrected chi connectivity index (χ0v) is 16.3. The SMILES string of the molecule is Cc1ccc(OCCCC(=O)OCC(=O)N[C@H]2CCCc3ccccc32)cc1. The van der Waals surface area contributed by atoms with Crippen molar-refractivity contribution < 1.29 is 19.1 Å².